The molecule has 1 aliphatic heterocycles. The molecule has 136 valence electrons. The molecular weight excluding hydrogens is 320 g/mol. The largest absolute Gasteiger partial charge is 0.361 e. The molecule has 1 fully saturated rings. The van der Waals surface area contributed by atoms with Gasteiger partial charge in [-0.05, 0) is 69.2 Å². The van der Waals surface area contributed by atoms with Crippen molar-refractivity contribution in [3.8, 4) is 0 Å². The fourth-order valence-corrected chi connectivity index (χ4v) is 4.14. The Morgan fingerprint density at radius 1 is 1.12 bits per heavy atom. The average Bonchev–Trinajstić information content (AvgIpc) is 3.03. The molecule has 4 heteroatoms. The van der Waals surface area contributed by atoms with Crippen molar-refractivity contribution in [3.63, 3.8) is 0 Å². The molecule has 0 bridgehead atoms. The van der Waals surface area contributed by atoms with E-state index in [0.29, 0.717) is 6.04 Å². The Morgan fingerprint density at radius 2 is 2.08 bits per heavy atom. The second-order valence-corrected chi connectivity index (χ2v) is 7.45. The van der Waals surface area contributed by atoms with Crippen LogP contribution in [0.3, 0.4) is 0 Å². The molecule has 26 heavy (non-hydrogen) atoms. The number of hydrogen-bond donors (Lipinski definition) is 1. The van der Waals surface area contributed by atoms with Gasteiger partial charge in [0.15, 0.2) is 0 Å². The van der Waals surface area contributed by atoms with Crippen LogP contribution in [0.1, 0.15) is 30.5 Å². The lowest BCUT2D eigenvalue weighted by Gasteiger charge is -2.27. The number of fused-ring (bicyclic) bond motifs is 1. The van der Waals surface area contributed by atoms with Crippen molar-refractivity contribution in [2.75, 3.05) is 20.1 Å². The summed E-state index contributed by atoms with van der Waals surface area (Å²) in [4.78, 5) is 12.9. The van der Waals surface area contributed by atoms with Crippen molar-refractivity contribution >= 4 is 10.9 Å². The van der Waals surface area contributed by atoms with Gasteiger partial charge in [0.25, 0.3) is 0 Å². The zero-order valence-electron chi connectivity index (χ0n) is 15.6. The van der Waals surface area contributed by atoms with E-state index in [9.17, 15) is 0 Å². The van der Waals surface area contributed by atoms with Crippen molar-refractivity contribution in [1.82, 2.24) is 19.8 Å². The van der Waals surface area contributed by atoms with E-state index in [0.717, 1.165) is 25.3 Å². The lowest BCUT2D eigenvalue weighted by Crippen LogP contribution is -2.32. The Hall–Kier alpha value is -2.17. The van der Waals surface area contributed by atoms with Crippen LogP contribution in [-0.4, -0.2) is 45.9 Å². The molecule has 1 atom stereocenters. The van der Waals surface area contributed by atoms with E-state index in [1.165, 1.54) is 42.3 Å². The molecule has 2 aromatic heterocycles. The summed E-state index contributed by atoms with van der Waals surface area (Å²) in [6.07, 6.45) is 7.69. The molecule has 4 nitrogen and oxygen atoms in total. The summed E-state index contributed by atoms with van der Waals surface area (Å²) in [5, 5.41) is 1.36. The Balaban J connectivity index is 1.36. The van der Waals surface area contributed by atoms with Crippen molar-refractivity contribution in [1.29, 1.82) is 0 Å². The number of hydrogen-bond acceptors (Lipinski definition) is 3. The molecule has 0 unspecified atom stereocenters. The third-order valence-electron chi connectivity index (χ3n) is 5.63. The van der Waals surface area contributed by atoms with Crippen molar-refractivity contribution < 1.29 is 0 Å². The van der Waals surface area contributed by atoms with Gasteiger partial charge in [-0.1, -0.05) is 18.2 Å². The summed E-state index contributed by atoms with van der Waals surface area (Å²) in [6.45, 7) is 4.34. The maximum absolute atomic E-state index is 4.48. The number of nitrogens with one attached hydrogen (secondary N) is 1. The molecular formula is C22H28N4. The second kappa shape index (κ2) is 8.02. The van der Waals surface area contributed by atoms with Gasteiger partial charge in [0, 0.05) is 42.4 Å². The Bertz CT molecular complexity index is 826. The van der Waals surface area contributed by atoms with Crippen LogP contribution < -0.4 is 0 Å². The van der Waals surface area contributed by atoms with E-state index < -0.39 is 0 Å². The predicted octanol–water partition coefficient (Wildman–Crippen LogP) is 4.05. The topological polar surface area (TPSA) is 35.2 Å². The van der Waals surface area contributed by atoms with Crippen LogP contribution in [-0.2, 0) is 13.1 Å². The standard InChI is InChI=1S/C22H28N4/c1-25(17-19-7-2-3-12-23-19)20-8-5-14-26(15-11-20)16-18-6-4-9-22-21(18)10-13-24-22/h2-4,6-7,9-10,12-13,20,24H,5,8,11,14-17H2,1H3/t20-/m0/s1. The van der Waals surface area contributed by atoms with Crippen LogP contribution >= 0.6 is 0 Å². The first-order valence-corrected chi connectivity index (χ1v) is 9.67. The fraction of sp³-hybridized carbons (Fsp3) is 0.409. The lowest BCUT2D eigenvalue weighted by molar-refractivity contribution is 0.204. The molecule has 0 aliphatic carbocycles. The molecule has 4 rings (SSSR count). The minimum absolute atomic E-state index is 0.644. The third-order valence-corrected chi connectivity index (χ3v) is 5.63. The van der Waals surface area contributed by atoms with E-state index in [1.54, 1.807) is 0 Å². The SMILES string of the molecule is CN(Cc1ccccn1)[C@H]1CCCN(Cc2cccc3[nH]ccc23)CC1. The summed E-state index contributed by atoms with van der Waals surface area (Å²) < 4.78 is 0. The number of nitrogens with zero attached hydrogens (tertiary/aromatic N) is 3. The summed E-state index contributed by atoms with van der Waals surface area (Å²) >= 11 is 0. The Morgan fingerprint density at radius 3 is 2.96 bits per heavy atom. The van der Waals surface area contributed by atoms with Gasteiger partial charge >= 0.3 is 0 Å². The van der Waals surface area contributed by atoms with Crippen molar-refractivity contribution in [2.45, 2.75) is 38.4 Å². The van der Waals surface area contributed by atoms with E-state index in [2.05, 4.69) is 63.2 Å². The maximum Gasteiger partial charge on any atom is 0.0543 e. The highest BCUT2D eigenvalue weighted by atomic mass is 15.2. The maximum atomic E-state index is 4.48. The summed E-state index contributed by atoms with van der Waals surface area (Å²) in [7, 11) is 2.25. The van der Waals surface area contributed by atoms with Gasteiger partial charge in [-0.2, -0.15) is 0 Å². The number of rotatable bonds is 5. The number of aromatic amines is 1. The lowest BCUT2D eigenvalue weighted by atomic mass is 10.1. The molecule has 0 spiro atoms. The molecule has 1 aliphatic rings. The normalized spacial score (nSPS) is 19.1. The first-order valence-electron chi connectivity index (χ1n) is 9.67. The molecule has 1 saturated heterocycles. The van der Waals surface area contributed by atoms with Crippen LogP contribution in [0.2, 0.25) is 0 Å². The Labute approximate surface area is 155 Å². The zero-order chi connectivity index (χ0) is 17.8. The van der Waals surface area contributed by atoms with E-state index in [1.807, 2.05) is 18.5 Å². The first kappa shape index (κ1) is 17.3. The number of benzene rings is 1. The minimum Gasteiger partial charge on any atom is -0.361 e. The average molecular weight is 348 g/mol. The summed E-state index contributed by atoms with van der Waals surface area (Å²) in [6, 6.07) is 15.6. The number of pyridine rings is 1. The molecule has 1 aromatic carbocycles. The predicted molar refractivity (Wildman–Crippen MR) is 107 cm³/mol. The van der Waals surface area contributed by atoms with Gasteiger partial charge in [-0.3, -0.25) is 14.8 Å². The van der Waals surface area contributed by atoms with E-state index in [-0.39, 0.29) is 0 Å². The van der Waals surface area contributed by atoms with Gasteiger partial charge in [-0.15, -0.1) is 0 Å². The van der Waals surface area contributed by atoms with Crippen LogP contribution in [0.15, 0.2) is 54.9 Å². The molecule has 3 heterocycles. The van der Waals surface area contributed by atoms with Gasteiger partial charge in [0.05, 0.1) is 5.69 Å². The second-order valence-electron chi connectivity index (χ2n) is 7.45. The quantitative estimate of drug-likeness (QED) is 0.755. The van der Waals surface area contributed by atoms with Crippen molar-refractivity contribution in [2.24, 2.45) is 0 Å². The highest BCUT2D eigenvalue weighted by Gasteiger charge is 2.21. The van der Waals surface area contributed by atoms with Crippen LogP contribution in [0.25, 0.3) is 10.9 Å². The number of aromatic nitrogens is 2. The van der Waals surface area contributed by atoms with Gasteiger partial charge in [0.1, 0.15) is 0 Å². The molecule has 1 N–H and O–H groups in total. The Kier molecular flexibility index (Phi) is 5.32. The van der Waals surface area contributed by atoms with Gasteiger partial charge < -0.3 is 4.98 Å². The fourth-order valence-electron chi connectivity index (χ4n) is 4.14. The number of H-pyrrole nitrogens is 1. The number of likely N-dealkylation sites (tertiary alicyclic amines) is 1. The minimum atomic E-state index is 0.644. The molecule has 3 aromatic rings. The highest BCUT2D eigenvalue weighted by Crippen LogP contribution is 2.22. The highest BCUT2D eigenvalue weighted by molar-refractivity contribution is 5.82. The van der Waals surface area contributed by atoms with Crippen molar-refractivity contribution in [3.05, 3.63) is 66.1 Å². The first-order chi connectivity index (χ1) is 12.8. The zero-order valence-corrected chi connectivity index (χ0v) is 15.6. The van der Waals surface area contributed by atoms with Crippen LogP contribution in [0, 0.1) is 0 Å². The monoisotopic (exact) mass is 348 g/mol. The molecule has 0 radical (unpaired) electrons. The summed E-state index contributed by atoms with van der Waals surface area (Å²) in [5.74, 6) is 0. The molecule has 0 saturated carbocycles. The van der Waals surface area contributed by atoms with E-state index >= 15 is 0 Å². The van der Waals surface area contributed by atoms with Crippen LogP contribution in [0.4, 0.5) is 0 Å². The smallest absolute Gasteiger partial charge is 0.0543 e. The van der Waals surface area contributed by atoms with Gasteiger partial charge in [-0.25, -0.2) is 0 Å². The van der Waals surface area contributed by atoms with E-state index in [4.69, 9.17) is 0 Å². The molecule has 0 amide bonds. The summed E-state index contributed by atoms with van der Waals surface area (Å²) in [5.41, 5.74) is 3.84. The van der Waals surface area contributed by atoms with Gasteiger partial charge in [0.2, 0.25) is 0 Å². The third kappa shape index (κ3) is 3.97. The van der Waals surface area contributed by atoms with Crippen LogP contribution in [0.5, 0.6) is 0 Å².